The summed E-state index contributed by atoms with van der Waals surface area (Å²) in [5.41, 5.74) is 6.87. The van der Waals surface area contributed by atoms with Crippen molar-refractivity contribution in [3.8, 4) is 5.75 Å². The second-order valence-corrected chi connectivity index (χ2v) is 4.80. The highest BCUT2D eigenvalue weighted by Gasteiger charge is 2.43. The van der Waals surface area contributed by atoms with Crippen LogP contribution in [0.5, 0.6) is 5.75 Å². The number of nitrogens with two attached hydrogens (primary N) is 1. The van der Waals surface area contributed by atoms with E-state index < -0.39 is 12.0 Å². The van der Waals surface area contributed by atoms with Gasteiger partial charge in [0.25, 0.3) is 0 Å². The number of methoxy groups -OCH3 is 1. The lowest BCUT2D eigenvalue weighted by molar-refractivity contribution is 0.00374. The van der Waals surface area contributed by atoms with Crippen LogP contribution in [0.1, 0.15) is 37.9 Å². The lowest BCUT2D eigenvalue weighted by Crippen LogP contribution is -2.24. The number of alkyl halides is 2. The van der Waals surface area contributed by atoms with Gasteiger partial charge in [0, 0.05) is 19.4 Å². The van der Waals surface area contributed by atoms with Gasteiger partial charge in [0.2, 0.25) is 5.92 Å². The van der Waals surface area contributed by atoms with Crippen molar-refractivity contribution < 1.29 is 13.5 Å². The third-order valence-electron chi connectivity index (χ3n) is 3.63. The summed E-state index contributed by atoms with van der Waals surface area (Å²) >= 11 is 0. The molecule has 4 nitrogen and oxygen atoms in total. The van der Waals surface area contributed by atoms with Gasteiger partial charge in [0.1, 0.15) is 0 Å². The highest BCUT2D eigenvalue weighted by Crippen LogP contribution is 2.44. The van der Waals surface area contributed by atoms with Gasteiger partial charge in [0.15, 0.2) is 5.75 Å². The minimum absolute atomic E-state index is 0.0755. The Hall–Kier alpha value is -1.17. The van der Waals surface area contributed by atoms with Gasteiger partial charge in [-0.1, -0.05) is 0 Å². The molecule has 18 heavy (non-hydrogen) atoms. The Morgan fingerprint density at radius 3 is 2.89 bits per heavy atom. The molecule has 0 aliphatic heterocycles. The first-order valence-corrected chi connectivity index (χ1v) is 6.21. The van der Waals surface area contributed by atoms with E-state index in [1.54, 1.807) is 10.9 Å². The molecule has 6 heteroatoms. The molecule has 1 fully saturated rings. The number of hydrogen-bond acceptors (Lipinski definition) is 3. The molecule has 0 spiro atoms. The molecule has 0 aromatic carbocycles. The maximum Gasteiger partial charge on any atom is 0.248 e. The van der Waals surface area contributed by atoms with E-state index in [1.165, 1.54) is 7.11 Å². The molecule has 2 unspecified atom stereocenters. The molecular formula is C12H19F2N3O. The van der Waals surface area contributed by atoms with E-state index in [1.807, 2.05) is 6.92 Å². The zero-order valence-electron chi connectivity index (χ0n) is 10.7. The van der Waals surface area contributed by atoms with Gasteiger partial charge in [-0.05, 0) is 19.3 Å². The third-order valence-corrected chi connectivity index (χ3v) is 3.63. The average molecular weight is 259 g/mol. The Bertz CT molecular complexity index is 398. The summed E-state index contributed by atoms with van der Waals surface area (Å²) in [5, 5.41) is 4.16. The molecular weight excluding hydrogens is 240 g/mol. The van der Waals surface area contributed by atoms with Gasteiger partial charge in [-0.15, -0.1) is 0 Å². The van der Waals surface area contributed by atoms with Crippen LogP contribution in [-0.2, 0) is 6.54 Å². The van der Waals surface area contributed by atoms with Crippen molar-refractivity contribution in [3.63, 3.8) is 0 Å². The highest BCUT2D eigenvalue weighted by molar-refractivity contribution is 5.29. The van der Waals surface area contributed by atoms with Crippen LogP contribution in [0.3, 0.4) is 0 Å². The number of rotatable bonds is 4. The van der Waals surface area contributed by atoms with Crippen LogP contribution in [0, 0.1) is 5.92 Å². The standard InChI is InChI=1S/C12H19F2N3O/c1-3-17-11(9(18-2)7-16-17)10(15)8-4-5-12(13,14)6-8/h7-8,10H,3-6,15H2,1-2H3. The van der Waals surface area contributed by atoms with Crippen LogP contribution in [0.15, 0.2) is 6.20 Å². The zero-order chi connectivity index (χ0) is 13.3. The maximum absolute atomic E-state index is 13.3. The van der Waals surface area contributed by atoms with Gasteiger partial charge in [-0.25, -0.2) is 8.78 Å². The summed E-state index contributed by atoms with van der Waals surface area (Å²) in [6.45, 7) is 2.58. The molecule has 1 aliphatic carbocycles. The van der Waals surface area contributed by atoms with Crippen molar-refractivity contribution >= 4 is 0 Å². The lowest BCUT2D eigenvalue weighted by atomic mass is 9.95. The molecule has 1 aromatic rings. The number of aromatic nitrogens is 2. The summed E-state index contributed by atoms with van der Waals surface area (Å²) < 4.78 is 33.4. The van der Waals surface area contributed by atoms with Gasteiger partial charge >= 0.3 is 0 Å². The molecule has 1 saturated carbocycles. The van der Waals surface area contributed by atoms with Crippen molar-refractivity contribution in [3.05, 3.63) is 11.9 Å². The van der Waals surface area contributed by atoms with Crippen molar-refractivity contribution in [2.75, 3.05) is 7.11 Å². The van der Waals surface area contributed by atoms with Crippen LogP contribution in [0.2, 0.25) is 0 Å². The SMILES string of the molecule is CCn1ncc(OC)c1C(N)C1CCC(F)(F)C1. The van der Waals surface area contributed by atoms with Gasteiger partial charge in [-0.3, -0.25) is 4.68 Å². The fourth-order valence-corrected chi connectivity index (χ4v) is 2.64. The highest BCUT2D eigenvalue weighted by atomic mass is 19.3. The Kier molecular flexibility index (Phi) is 3.56. The molecule has 1 aromatic heterocycles. The predicted octanol–water partition coefficient (Wildman–Crippen LogP) is 2.35. The lowest BCUT2D eigenvalue weighted by Gasteiger charge is -2.21. The first-order valence-electron chi connectivity index (χ1n) is 6.21. The molecule has 1 aliphatic rings. The van der Waals surface area contributed by atoms with Crippen molar-refractivity contribution in [1.29, 1.82) is 0 Å². The van der Waals surface area contributed by atoms with Gasteiger partial charge in [0.05, 0.1) is 25.0 Å². The number of aryl methyl sites for hydroxylation is 1. The summed E-state index contributed by atoms with van der Waals surface area (Å²) in [4.78, 5) is 0. The summed E-state index contributed by atoms with van der Waals surface area (Å²) in [5.74, 6) is -2.21. The largest absolute Gasteiger partial charge is 0.493 e. The fraction of sp³-hybridized carbons (Fsp3) is 0.750. The molecule has 0 amide bonds. The van der Waals surface area contributed by atoms with E-state index >= 15 is 0 Å². The summed E-state index contributed by atoms with van der Waals surface area (Å²) in [7, 11) is 1.54. The second kappa shape index (κ2) is 4.84. The van der Waals surface area contributed by atoms with Crippen LogP contribution in [0.4, 0.5) is 8.78 Å². The van der Waals surface area contributed by atoms with Crippen LogP contribution < -0.4 is 10.5 Å². The fourth-order valence-electron chi connectivity index (χ4n) is 2.64. The van der Waals surface area contributed by atoms with E-state index in [-0.39, 0.29) is 18.8 Å². The van der Waals surface area contributed by atoms with E-state index in [0.717, 1.165) is 5.69 Å². The van der Waals surface area contributed by atoms with Crippen LogP contribution >= 0.6 is 0 Å². The first-order chi connectivity index (χ1) is 8.48. The zero-order valence-corrected chi connectivity index (χ0v) is 10.7. The molecule has 1 heterocycles. The maximum atomic E-state index is 13.3. The Balaban J connectivity index is 2.23. The Morgan fingerprint density at radius 1 is 1.67 bits per heavy atom. The molecule has 0 radical (unpaired) electrons. The minimum atomic E-state index is -2.58. The molecule has 2 atom stereocenters. The number of nitrogens with zero attached hydrogens (tertiary/aromatic N) is 2. The van der Waals surface area contributed by atoms with Crippen LogP contribution in [-0.4, -0.2) is 22.8 Å². The molecule has 102 valence electrons. The second-order valence-electron chi connectivity index (χ2n) is 4.80. The number of halogens is 2. The summed E-state index contributed by atoms with van der Waals surface area (Å²) in [6.07, 6.45) is 1.82. The van der Waals surface area contributed by atoms with Crippen molar-refractivity contribution in [2.24, 2.45) is 11.7 Å². The average Bonchev–Trinajstić information content (AvgIpc) is 2.90. The number of ether oxygens (including phenoxy) is 1. The Labute approximate surface area is 105 Å². The van der Waals surface area contributed by atoms with E-state index in [2.05, 4.69) is 5.10 Å². The first kappa shape index (κ1) is 13.3. The van der Waals surface area contributed by atoms with Gasteiger partial charge < -0.3 is 10.5 Å². The van der Waals surface area contributed by atoms with Gasteiger partial charge in [-0.2, -0.15) is 5.10 Å². The van der Waals surface area contributed by atoms with E-state index in [4.69, 9.17) is 10.5 Å². The van der Waals surface area contributed by atoms with Crippen molar-refractivity contribution in [1.82, 2.24) is 9.78 Å². The minimum Gasteiger partial charge on any atom is -0.493 e. The normalized spacial score (nSPS) is 24.2. The predicted molar refractivity (Wildman–Crippen MR) is 63.7 cm³/mol. The monoisotopic (exact) mass is 259 g/mol. The van der Waals surface area contributed by atoms with E-state index in [0.29, 0.717) is 18.7 Å². The summed E-state index contributed by atoms with van der Waals surface area (Å²) in [6, 6.07) is -0.448. The van der Waals surface area contributed by atoms with Crippen molar-refractivity contribution in [2.45, 2.75) is 44.7 Å². The topological polar surface area (TPSA) is 53.1 Å². The van der Waals surface area contributed by atoms with E-state index in [9.17, 15) is 8.78 Å². The quantitative estimate of drug-likeness (QED) is 0.903. The smallest absolute Gasteiger partial charge is 0.248 e. The third kappa shape index (κ3) is 2.34. The molecule has 0 bridgehead atoms. The molecule has 0 saturated heterocycles. The van der Waals surface area contributed by atoms with Crippen LogP contribution in [0.25, 0.3) is 0 Å². The molecule has 2 N–H and O–H groups in total. The number of hydrogen-bond donors (Lipinski definition) is 1. The Morgan fingerprint density at radius 2 is 2.39 bits per heavy atom. The molecule has 2 rings (SSSR count).